The average Bonchev–Trinajstić information content (AvgIpc) is 2.78. The van der Waals surface area contributed by atoms with Crippen LogP contribution in [0.4, 0.5) is 0 Å². The van der Waals surface area contributed by atoms with Gasteiger partial charge < -0.3 is 4.74 Å². The van der Waals surface area contributed by atoms with Crippen LogP contribution in [-0.4, -0.2) is 9.38 Å². The van der Waals surface area contributed by atoms with Gasteiger partial charge in [-0.3, -0.25) is 9.20 Å². The molecule has 0 N–H and O–H groups in total. The largest absolute Gasteiger partial charge is 0.489 e. The number of nitrogens with zero attached hydrogens (tertiary/aromatic N) is 3. The number of benzene rings is 2. The summed E-state index contributed by atoms with van der Waals surface area (Å²) >= 11 is 6.48. The second kappa shape index (κ2) is 8.86. The van der Waals surface area contributed by atoms with Gasteiger partial charge in [0.15, 0.2) is 0 Å². The minimum Gasteiger partial charge on any atom is -0.489 e. The number of hydrogen-bond acceptors (Lipinski definition) is 4. The molecular formula is C25H18ClN3O2. The normalized spacial score (nSPS) is 11.3. The second-order valence-corrected chi connectivity index (χ2v) is 7.49. The third-order valence-electron chi connectivity index (χ3n) is 4.67. The molecule has 0 atom stereocenters. The fourth-order valence-corrected chi connectivity index (χ4v) is 3.37. The molecule has 0 aliphatic heterocycles. The fourth-order valence-electron chi connectivity index (χ4n) is 3.14. The molecule has 4 rings (SSSR count). The first-order chi connectivity index (χ1) is 15.0. The summed E-state index contributed by atoms with van der Waals surface area (Å²) in [5, 5.41) is 9.37. The molecule has 0 saturated heterocycles. The highest BCUT2D eigenvalue weighted by Crippen LogP contribution is 2.23. The first-order valence-electron chi connectivity index (χ1n) is 9.61. The third kappa shape index (κ3) is 4.82. The highest BCUT2D eigenvalue weighted by atomic mass is 35.5. The average molecular weight is 428 g/mol. The predicted molar refractivity (Wildman–Crippen MR) is 122 cm³/mol. The van der Waals surface area contributed by atoms with E-state index in [4.69, 9.17) is 21.6 Å². The minimum atomic E-state index is -0.188. The summed E-state index contributed by atoms with van der Waals surface area (Å²) in [6.45, 7) is 2.26. The zero-order chi connectivity index (χ0) is 21.8. The number of aromatic nitrogens is 2. The number of hydrogen-bond donors (Lipinski definition) is 0. The van der Waals surface area contributed by atoms with E-state index in [1.54, 1.807) is 30.5 Å². The summed E-state index contributed by atoms with van der Waals surface area (Å²) in [5.41, 5.74) is 4.06. The van der Waals surface area contributed by atoms with Gasteiger partial charge in [-0.1, -0.05) is 41.9 Å². The van der Waals surface area contributed by atoms with E-state index >= 15 is 0 Å². The smallest absolute Gasteiger partial charge is 0.258 e. The number of halogens is 1. The first kappa shape index (κ1) is 20.4. The molecule has 0 amide bonds. The number of nitriles is 1. The minimum absolute atomic E-state index is 0.188. The van der Waals surface area contributed by atoms with E-state index in [1.807, 2.05) is 49.4 Å². The van der Waals surface area contributed by atoms with Crippen molar-refractivity contribution in [3.63, 3.8) is 0 Å². The quantitative estimate of drug-likeness (QED) is 0.439. The van der Waals surface area contributed by atoms with E-state index in [-0.39, 0.29) is 5.56 Å². The standard InChI is InChI=1S/C25H18ClN3O2/c1-17-8-9-24-28-23(13-25(30)29(24)15-17)22(26)12-18-4-3-7-21(11-18)31-16-20-6-2-5-19(10-20)14-27/h2-13,15H,16H2,1H3/b22-12-. The Bertz CT molecular complexity index is 1400. The Morgan fingerprint density at radius 2 is 2.00 bits per heavy atom. The number of aryl methyl sites for hydroxylation is 1. The van der Waals surface area contributed by atoms with Gasteiger partial charge in [0.05, 0.1) is 22.4 Å². The molecule has 0 aliphatic rings. The van der Waals surface area contributed by atoms with Crippen molar-refractivity contribution in [1.29, 1.82) is 5.26 Å². The zero-order valence-corrected chi connectivity index (χ0v) is 17.5. The van der Waals surface area contributed by atoms with Crippen LogP contribution in [0.25, 0.3) is 16.8 Å². The van der Waals surface area contributed by atoms with Crippen molar-refractivity contribution in [3.8, 4) is 11.8 Å². The molecule has 2 aromatic carbocycles. The summed E-state index contributed by atoms with van der Waals surface area (Å²) in [7, 11) is 0. The highest BCUT2D eigenvalue weighted by Gasteiger charge is 2.07. The lowest BCUT2D eigenvalue weighted by molar-refractivity contribution is 0.306. The molecule has 0 aliphatic carbocycles. The summed E-state index contributed by atoms with van der Waals surface area (Å²) < 4.78 is 7.36. The molecule has 4 aromatic rings. The van der Waals surface area contributed by atoms with Crippen molar-refractivity contribution in [2.75, 3.05) is 0 Å². The molecule has 0 unspecified atom stereocenters. The molecule has 2 aromatic heterocycles. The second-order valence-electron chi connectivity index (χ2n) is 7.08. The van der Waals surface area contributed by atoms with E-state index in [0.717, 1.165) is 16.7 Å². The summed E-state index contributed by atoms with van der Waals surface area (Å²) in [4.78, 5) is 16.9. The van der Waals surface area contributed by atoms with Crippen LogP contribution in [0.15, 0.2) is 77.7 Å². The first-order valence-corrected chi connectivity index (χ1v) is 9.99. The van der Waals surface area contributed by atoms with E-state index in [9.17, 15) is 4.79 Å². The Morgan fingerprint density at radius 1 is 1.16 bits per heavy atom. The summed E-state index contributed by atoms with van der Waals surface area (Å²) in [6.07, 6.45) is 3.50. The van der Waals surface area contributed by atoms with Crippen LogP contribution in [0, 0.1) is 18.3 Å². The van der Waals surface area contributed by atoms with Gasteiger partial charge in [0.2, 0.25) is 0 Å². The molecular weight excluding hydrogens is 410 g/mol. The van der Waals surface area contributed by atoms with Crippen molar-refractivity contribution in [3.05, 3.63) is 111 Å². The van der Waals surface area contributed by atoms with Gasteiger partial charge in [0.25, 0.3) is 5.56 Å². The lowest BCUT2D eigenvalue weighted by Gasteiger charge is -2.08. The molecule has 152 valence electrons. The van der Waals surface area contributed by atoms with Crippen molar-refractivity contribution < 1.29 is 4.74 Å². The van der Waals surface area contributed by atoms with Crippen molar-refractivity contribution in [2.45, 2.75) is 13.5 Å². The van der Waals surface area contributed by atoms with Crippen LogP contribution in [0.3, 0.4) is 0 Å². The van der Waals surface area contributed by atoms with Crippen LogP contribution < -0.4 is 10.3 Å². The van der Waals surface area contributed by atoms with Crippen LogP contribution in [0.1, 0.15) is 27.9 Å². The van der Waals surface area contributed by atoms with Gasteiger partial charge in [-0.2, -0.15) is 5.26 Å². The van der Waals surface area contributed by atoms with Crippen LogP contribution in [0.5, 0.6) is 5.75 Å². The third-order valence-corrected chi connectivity index (χ3v) is 4.97. The maximum absolute atomic E-state index is 12.4. The zero-order valence-electron chi connectivity index (χ0n) is 16.7. The maximum atomic E-state index is 12.4. The molecule has 0 radical (unpaired) electrons. The topological polar surface area (TPSA) is 67.4 Å². The van der Waals surface area contributed by atoms with E-state index < -0.39 is 0 Å². The highest BCUT2D eigenvalue weighted by molar-refractivity contribution is 6.51. The molecule has 2 heterocycles. The number of ether oxygens (including phenoxy) is 1. The van der Waals surface area contributed by atoms with Gasteiger partial charge in [0.1, 0.15) is 18.0 Å². The molecule has 0 spiro atoms. The van der Waals surface area contributed by atoms with Gasteiger partial charge in [-0.05, 0) is 60.0 Å². The lowest BCUT2D eigenvalue weighted by atomic mass is 10.1. The van der Waals surface area contributed by atoms with Crippen LogP contribution in [-0.2, 0) is 6.61 Å². The van der Waals surface area contributed by atoms with E-state index in [2.05, 4.69) is 11.1 Å². The van der Waals surface area contributed by atoms with Crippen molar-refractivity contribution in [2.24, 2.45) is 0 Å². The Hall–Kier alpha value is -3.88. The van der Waals surface area contributed by atoms with Gasteiger partial charge in [-0.15, -0.1) is 0 Å². The van der Waals surface area contributed by atoms with E-state index in [1.165, 1.54) is 10.5 Å². The van der Waals surface area contributed by atoms with Crippen molar-refractivity contribution >= 4 is 28.4 Å². The molecule has 0 fully saturated rings. The monoisotopic (exact) mass is 427 g/mol. The maximum Gasteiger partial charge on any atom is 0.258 e. The molecule has 0 saturated carbocycles. The van der Waals surface area contributed by atoms with Gasteiger partial charge >= 0.3 is 0 Å². The lowest BCUT2D eigenvalue weighted by Crippen LogP contribution is -2.15. The Balaban J connectivity index is 1.56. The molecule has 31 heavy (non-hydrogen) atoms. The predicted octanol–water partition coefficient (Wildman–Crippen LogP) is 5.19. The summed E-state index contributed by atoms with van der Waals surface area (Å²) in [5.74, 6) is 0.669. The fraction of sp³-hybridized carbons (Fsp3) is 0.0800. The van der Waals surface area contributed by atoms with Crippen molar-refractivity contribution in [1.82, 2.24) is 9.38 Å². The van der Waals surface area contributed by atoms with Crippen LogP contribution >= 0.6 is 11.6 Å². The Morgan fingerprint density at radius 3 is 2.84 bits per heavy atom. The van der Waals surface area contributed by atoms with Gasteiger partial charge in [0, 0.05) is 12.3 Å². The Labute approximate surface area is 184 Å². The molecule has 0 bridgehead atoms. The number of pyridine rings is 1. The van der Waals surface area contributed by atoms with Gasteiger partial charge in [-0.25, -0.2) is 4.98 Å². The van der Waals surface area contributed by atoms with E-state index in [0.29, 0.717) is 34.3 Å². The summed E-state index contributed by atoms with van der Waals surface area (Å²) in [6, 6.07) is 22.0. The molecule has 6 heteroatoms. The number of fused-ring (bicyclic) bond motifs is 1. The van der Waals surface area contributed by atoms with Crippen LogP contribution in [0.2, 0.25) is 0 Å². The molecule has 5 nitrogen and oxygen atoms in total. The number of rotatable bonds is 5. The Kier molecular flexibility index (Phi) is 5.83. The SMILES string of the molecule is Cc1ccc2nc(/C(Cl)=C/c3cccc(OCc4cccc(C#N)c4)c3)cc(=O)n2c1.